The SMILES string of the molecule is COC(=O)c1ccc(N2CCN(Cc3c(OCCN(C)C)cccc3-c3ccc(Cl)cc3)CC2)cc1Oc1cccc2[nH]ccc12. The van der Waals surface area contributed by atoms with Crippen molar-refractivity contribution in [3.05, 3.63) is 107 Å². The molecule has 8 nitrogen and oxygen atoms in total. The van der Waals surface area contributed by atoms with E-state index in [4.69, 9.17) is 25.8 Å². The van der Waals surface area contributed by atoms with Crippen LogP contribution >= 0.6 is 11.6 Å². The summed E-state index contributed by atoms with van der Waals surface area (Å²) < 4.78 is 17.8. The smallest absolute Gasteiger partial charge is 0.341 e. The third-order valence-corrected chi connectivity index (χ3v) is 8.60. The standard InChI is InChI=1S/C37H39ClN4O4/c1-40(2)22-23-45-34-8-4-6-29(26-10-12-27(38)13-11-26)32(34)25-41-18-20-42(21-19-41)28-14-15-31(37(43)44-3)36(24-28)46-35-9-5-7-33-30(35)16-17-39-33/h4-17,24,39H,18-23,25H2,1-3H3. The number of nitrogens with zero attached hydrogens (tertiary/aromatic N) is 3. The highest BCUT2D eigenvalue weighted by Gasteiger charge is 2.23. The maximum atomic E-state index is 12.7. The van der Waals surface area contributed by atoms with Gasteiger partial charge in [0, 0.05) is 78.7 Å². The lowest BCUT2D eigenvalue weighted by Gasteiger charge is -2.37. The number of piperazine rings is 1. The van der Waals surface area contributed by atoms with Crippen molar-refractivity contribution in [1.29, 1.82) is 0 Å². The van der Waals surface area contributed by atoms with Gasteiger partial charge in [-0.15, -0.1) is 0 Å². The Morgan fingerprint density at radius 3 is 2.41 bits per heavy atom. The van der Waals surface area contributed by atoms with E-state index in [1.54, 1.807) is 6.07 Å². The number of anilines is 1. The summed E-state index contributed by atoms with van der Waals surface area (Å²) in [6.45, 7) is 5.59. The molecule has 6 rings (SSSR count). The molecule has 238 valence electrons. The molecule has 1 aliphatic rings. The zero-order chi connectivity index (χ0) is 32.0. The van der Waals surface area contributed by atoms with Gasteiger partial charge in [0.2, 0.25) is 0 Å². The van der Waals surface area contributed by atoms with Gasteiger partial charge >= 0.3 is 5.97 Å². The number of aromatic amines is 1. The summed E-state index contributed by atoms with van der Waals surface area (Å²) in [5.74, 6) is 1.62. The number of carbonyl (C=O) groups excluding carboxylic acids is 1. The molecular formula is C37H39ClN4O4. The van der Waals surface area contributed by atoms with Crippen molar-refractivity contribution in [3.63, 3.8) is 0 Å². The number of fused-ring (bicyclic) bond motifs is 1. The van der Waals surface area contributed by atoms with Gasteiger partial charge < -0.3 is 29.0 Å². The number of H-pyrrole nitrogens is 1. The van der Waals surface area contributed by atoms with Crippen LogP contribution < -0.4 is 14.4 Å². The number of rotatable bonds is 11. The first-order valence-corrected chi connectivity index (χ1v) is 15.9. The maximum Gasteiger partial charge on any atom is 0.341 e. The minimum Gasteiger partial charge on any atom is -0.492 e. The normalized spacial score (nSPS) is 13.7. The molecule has 46 heavy (non-hydrogen) atoms. The number of methoxy groups -OCH3 is 1. The highest BCUT2D eigenvalue weighted by Crippen LogP contribution is 2.36. The minimum atomic E-state index is -0.435. The lowest BCUT2D eigenvalue weighted by molar-refractivity contribution is 0.0598. The zero-order valence-corrected chi connectivity index (χ0v) is 27.2. The fourth-order valence-electron chi connectivity index (χ4n) is 5.82. The Hall–Kier alpha value is -4.50. The number of hydrogen-bond acceptors (Lipinski definition) is 7. The van der Waals surface area contributed by atoms with Crippen LogP contribution in [0, 0.1) is 0 Å². The van der Waals surface area contributed by atoms with Gasteiger partial charge in [-0.1, -0.05) is 41.9 Å². The van der Waals surface area contributed by atoms with Gasteiger partial charge in [0.05, 0.1) is 7.11 Å². The molecule has 1 saturated heterocycles. The van der Waals surface area contributed by atoms with Crippen LogP contribution in [0.5, 0.6) is 17.2 Å². The van der Waals surface area contributed by atoms with Gasteiger partial charge in [0.25, 0.3) is 0 Å². The number of likely N-dealkylation sites (N-methyl/N-ethyl adjacent to an activating group) is 1. The molecule has 0 bridgehead atoms. The molecule has 9 heteroatoms. The number of aromatic nitrogens is 1. The van der Waals surface area contributed by atoms with E-state index in [1.165, 1.54) is 12.7 Å². The van der Waals surface area contributed by atoms with E-state index in [0.717, 1.165) is 77.8 Å². The Kier molecular flexibility index (Phi) is 9.78. The third kappa shape index (κ3) is 7.15. The summed E-state index contributed by atoms with van der Waals surface area (Å²) in [5, 5.41) is 1.66. The van der Waals surface area contributed by atoms with E-state index in [-0.39, 0.29) is 0 Å². The molecule has 1 aliphatic heterocycles. The molecular weight excluding hydrogens is 600 g/mol. The van der Waals surface area contributed by atoms with Crippen LogP contribution in [0.25, 0.3) is 22.0 Å². The Morgan fingerprint density at radius 1 is 0.891 bits per heavy atom. The lowest BCUT2D eigenvalue weighted by Crippen LogP contribution is -2.46. The van der Waals surface area contributed by atoms with Crippen molar-refractivity contribution < 1.29 is 19.0 Å². The molecule has 0 spiro atoms. The number of ether oxygens (including phenoxy) is 3. The van der Waals surface area contributed by atoms with Crippen LogP contribution in [0.2, 0.25) is 5.02 Å². The Balaban J connectivity index is 1.21. The highest BCUT2D eigenvalue weighted by atomic mass is 35.5. The van der Waals surface area contributed by atoms with Crippen LogP contribution in [-0.4, -0.2) is 81.3 Å². The van der Waals surface area contributed by atoms with E-state index in [2.05, 4.69) is 50.0 Å². The molecule has 1 fully saturated rings. The molecule has 1 N–H and O–H groups in total. The third-order valence-electron chi connectivity index (χ3n) is 8.35. The Bertz CT molecular complexity index is 1800. The van der Waals surface area contributed by atoms with Crippen molar-refractivity contribution >= 4 is 34.2 Å². The Morgan fingerprint density at radius 2 is 1.65 bits per heavy atom. The van der Waals surface area contributed by atoms with E-state index < -0.39 is 5.97 Å². The summed E-state index contributed by atoms with van der Waals surface area (Å²) >= 11 is 6.21. The summed E-state index contributed by atoms with van der Waals surface area (Å²) in [7, 11) is 5.48. The first-order chi connectivity index (χ1) is 22.4. The number of hydrogen-bond donors (Lipinski definition) is 1. The topological polar surface area (TPSA) is 70.3 Å². The van der Waals surface area contributed by atoms with Crippen LogP contribution in [0.4, 0.5) is 5.69 Å². The van der Waals surface area contributed by atoms with Crippen molar-refractivity contribution in [2.75, 3.05) is 65.4 Å². The Labute approximate surface area is 275 Å². The molecule has 0 saturated carbocycles. The largest absolute Gasteiger partial charge is 0.492 e. The highest BCUT2D eigenvalue weighted by molar-refractivity contribution is 6.30. The second kappa shape index (κ2) is 14.3. The fourth-order valence-corrected chi connectivity index (χ4v) is 5.95. The van der Waals surface area contributed by atoms with E-state index in [9.17, 15) is 4.79 Å². The quantitative estimate of drug-likeness (QED) is 0.152. The maximum absolute atomic E-state index is 12.7. The minimum absolute atomic E-state index is 0.387. The van der Waals surface area contributed by atoms with E-state index in [0.29, 0.717) is 23.7 Å². The number of esters is 1. The number of carbonyl (C=O) groups is 1. The molecule has 0 radical (unpaired) electrons. The molecule has 0 unspecified atom stereocenters. The van der Waals surface area contributed by atoms with Gasteiger partial charge in [-0.2, -0.15) is 0 Å². The van der Waals surface area contributed by atoms with Gasteiger partial charge in [0.15, 0.2) is 0 Å². The van der Waals surface area contributed by atoms with E-state index in [1.807, 2.05) is 68.8 Å². The lowest BCUT2D eigenvalue weighted by atomic mass is 9.98. The van der Waals surface area contributed by atoms with Crippen molar-refractivity contribution in [2.24, 2.45) is 0 Å². The number of benzene rings is 4. The first-order valence-electron chi connectivity index (χ1n) is 15.5. The summed E-state index contributed by atoms with van der Waals surface area (Å²) in [6.07, 6.45) is 1.88. The van der Waals surface area contributed by atoms with Gasteiger partial charge in [-0.25, -0.2) is 4.79 Å². The monoisotopic (exact) mass is 638 g/mol. The van der Waals surface area contributed by atoms with Gasteiger partial charge in [0.1, 0.15) is 29.4 Å². The number of nitrogens with one attached hydrogen (secondary N) is 1. The van der Waals surface area contributed by atoms with Gasteiger partial charge in [-0.05, 0) is 73.8 Å². The van der Waals surface area contributed by atoms with Gasteiger partial charge in [-0.3, -0.25) is 4.90 Å². The van der Waals surface area contributed by atoms with Crippen molar-refractivity contribution in [2.45, 2.75) is 6.54 Å². The van der Waals surface area contributed by atoms with Crippen LogP contribution in [0.15, 0.2) is 91.1 Å². The summed E-state index contributed by atoms with van der Waals surface area (Å²) in [6, 6.07) is 27.8. The first kappa shape index (κ1) is 31.5. The predicted molar refractivity (Wildman–Crippen MR) is 185 cm³/mol. The number of halogens is 1. The second-order valence-corrected chi connectivity index (χ2v) is 12.1. The predicted octanol–water partition coefficient (Wildman–Crippen LogP) is 7.33. The molecule has 0 aliphatic carbocycles. The molecule has 1 aromatic heterocycles. The molecule has 0 atom stereocenters. The average Bonchev–Trinajstić information content (AvgIpc) is 3.56. The van der Waals surface area contributed by atoms with Crippen LogP contribution in [-0.2, 0) is 11.3 Å². The molecule has 4 aromatic carbocycles. The summed E-state index contributed by atoms with van der Waals surface area (Å²) in [5.41, 5.74) is 5.79. The summed E-state index contributed by atoms with van der Waals surface area (Å²) in [4.78, 5) is 22.8. The van der Waals surface area contributed by atoms with Crippen molar-refractivity contribution in [1.82, 2.24) is 14.8 Å². The van der Waals surface area contributed by atoms with Crippen LogP contribution in [0.3, 0.4) is 0 Å². The molecule has 5 aromatic rings. The second-order valence-electron chi connectivity index (χ2n) is 11.7. The van der Waals surface area contributed by atoms with E-state index >= 15 is 0 Å². The van der Waals surface area contributed by atoms with Crippen LogP contribution in [0.1, 0.15) is 15.9 Å². The fraction of sp³-hybridized carbons (Fsp3) is 0.270. The van der Waals surface area contributed by atoms with Crippen molar-refractivity contribution in [3.8, 4) is 28.4 Å². The molecule has 2 heterocycles. The average molecular weight is 639 g/mol. The zero-order valence-electron chi connectivity index (χ0n) is 26.5. The molecule has 0 amide bonds.